The lowest BCUT2D eigenvalue weighted by atomic mass is 10.1. The lowest BCUT2D eigenvalue weighted by Crippen LogP contribution is -1.92. The van der Waals surface area contributed by atoms with Crippen LogP contribution in [-0.2, 0) is 17.8 Å². The van der Waals surface area contributed by atoms with Crippen molar-refractivity contribution in [1.82, 2.24) is 0 Å². The zero-order valence-corrected chi connectivity index (χ0v) is 8.92. The van der Waals surface area contributed by atoms with Crippen molar-refractivity contribution in [3.8, 4) is 5.75 Å². The van der Waals surface area contributed by atoms with Gasteiger partial charge in [0, 0.05) is 12.7 Å². The Bertz CT molecular complexity index is 282. The molecule has 0 fully saturated rings. The molecule has 78 valence electrons. The van der Waals surface area contributed by atoms with Gasteiger partial charge in [0.05, 0.1) is 6.61 Å². The Morgan fingerprint density at radius 1 is 1.36 bits per heavy atom. The van der Waals surface area contributed by atoms with Crippen molar-refractivity contribution < 1.29 is 9.84 Å². The maximum atomic E-state index is 9.51. The van der Waals surface area contributed by atoms with Crippen LogP contribution in [0.5, 0.6) is 5.75 Å². The Morgan fingerprint density at radius 3 is 2.79 bits per heavy atom. The number of phenolic OH excluding ortho intramolecular Hbond substituents is 1. The van der Waals surface area contributed by atoms with Gasteiger partial charge < -0.3 is 9.84 Å². The summed E-state index contributed by atoms with van der Waals surface area (Å²) in [4.78, 5) is 0. The van der Waals surface area contributed by atoms with Crippen molar-refractivity contribution in [3.05, 3.63) is 29.3 Å². The summed E-state index contributed by atoms with van der Waals surface area (Å²) in [5, 5.41) is 9.51. The highest BCUT2D eigenvalue weighted by Gasteiger charge is 2.01. The molecule has 0 amide bonds. The van der Waals surface area contributed by atoms with Gasteiger partial charge in [-0.15, -0.1) is 0 Å². The number of unbranched alkanes of at least 4 members (excludes halogenated alkanes) is 1. The second-order valence-electron chi connectivity index (χ2n) is 3.50. The molecular weight excluding hydrogens is 176 g/mol. The molecule has 0 aliphatic heterocycles. The number of hydrogen-bond donors (Lipinski definition) is 1. The van der Waals surface area contributed by atoms with Gasteiger partial charge in [0.15, 0.2) is 0 Å². The zero-order chi connectivity index (χ0) is 10.4. The van der Waals surface area contributed by atoms with Gasteiger partial charge in [-0.3, -0.25) is 0 Å². The standard InChI is InChI=1S/C12H18O2/c1-3-4-5-10-6-7-12(13)11(8-10)9-14-2/h6-8,13H,3-5,9H2,1-2H3. The Morgan fingerprint density at radius 2 is 2.14 bits per heavy atom. The number of ether oxygens (including phenoxy) is 1. The van der Waals surface area contributed by atoms with Gasteiger partial charge in [0.2, 0.25) is 0 Å². The molecule has 1 aromatic carbocycles. The summed E-state index contributed by atoms with van der Waals surface area (Å²) in [5.74, 6) is 0.326. The first-order valence-electron chi connectivity index (χ1n) is 5.07. The lowest BCUT2D eigenvalue weighted by molar-refractivity contribution is 0.182. The minimum Gasteiger partial charge on any atom is -0.508 e. The van der Waals surface area contributed by atoms with Gasteiger partial charge in [-0.25, -0.2) is 0 Å². The van der Waals surface area contributed by atoms with Crippen molar-refractivity contribution in [3.63, 3.8) is 0 Å². The summed E-state index contributed by atoms with van der Waals surface area (Å²) < 4.78 is 5.01. The molecule has 0 aliphatic rings. The van der Waals surface area contributed by atoms with Gasteiger partial charge in [-0.05, 0) is 30.5 Å². The van der Waals surface area contributed by atoms with Gasteiger partial charge >= 0.3 is 0 Å². The van der Waals surface area contributed by atoms with Crippen LogP contribution < -0.4 is 0 Å². The molecule has 2 nitrogen and oxygen atoms in total. The molecule has 1 rings (SSSR count). The molecule has 0 aromatic heterocycles. The number of methoxy groups -OCH3 is 1. The van der Waals surface area contributed by atoms with E-state index in [9.17, 15) is 5.11 Å². The van der Waals surface area contributed by atoms with E-state index in [0.29, 0.717) is 12.4 Å². The monoisotopic (exact) mass is 194 g/mol. The summed E-state index contributed by atoms with van der Waals surface area (Å²) in [6.45, 7) is 2.66. The van der Waals surface area contributed by atoms with Gasteiger partial charge in [0.25, 0.3) is 0 Å². The van der Waals surface area contributed by atoms with Crippen molar-refractivity contribution in [1.29, 1.82) is 0 Å². The Balaban J connectivity index is 2.72. The maximum absolute atomic E-state index is 9.51. The van der Waals surface area contributed by atoms with Crippen molar-refractivity contribution in [2.75, 3.05) is 7.11 Å². The SMILES string of the molecule is CCCCc1ccc(O)c(COC)c1. The first kappa shape index (κ1) is 11.1. The molecule has 14 heavy (non-hydrogen) atoms. The predicted octanol–water partition coefficient (Wildman–Crippen LogP) is 2.88. The van der Waals surface area contributed by atoms with E-state index in [-0.39, 0.29) is 0 Å². The summed E-state index contributed by atoms with van der Waals surface area (Å²) in [6, 6.07) is 5.75. The van der Waals surface area contributed by atoms with Crippen molar-refractivity contribution in [2.45, 2.75) is 32.8 Å². The van der Waals surface area contributed by atoms with Crippen molar-refractivity contribution >= 4 is 0 Å². The number of rotatable bonds is 5. The maximum Gasteiger partial charge on any atom is 0.121 e. The van der Waals surface area contributed by atoms with E-state index >= 15 is 0 Å². The lowest BCUT2D eigenvalue weighted by Gasteiger charge is -2.06. The fourth-order valence-electron chi connectivity index (χ4n) is 1.45. The third-order valence-electron chi connectivity index (χ3n) is 2.26. The summed E-state index contributed by atoms with van der Waals surface area (Å²) in [6.07, 6.45) is 3.46. The third kappa shape index (κ3) is 3.04. The van der Waals surface area contributed by atoms with Gasteiger partial charge in [-0.1, -0.05) is 19.4 Å². The van der Waals surface area contributed by atoms with E-state index in [1.54, 1.807) is 13.2 Å². The molecule has 0 spiro atoms. The number of aryl methyl sites for hydroxylation is 1. The van der Waals surface area contributed by atoms with E-state index in [1.807, 2.05) is 12.1 Å². The van der Waals surface area contributed by atoms with E-state index in [1.165, 1.54) is 18.4 Å². The molecule has 0 atom stereocenters. The first-order chi connectivity index (χ1) is 6.77. The minimum atomic E-state index is 0.326. The van der Waals surface area contributed by atoms with E-state index in [2.05, 4.69) is 6.92 Å². The molecule has 1 N–H and O–H groups in total. The molecule has 0 radical (unpaired) electrons. The van der Waals surface area contributed by atoms with Crippen LogP contribution in [0, 0.1) is 0 Å². The van der Waals surface area contributed by atoms with E-state index < -0.39 is 0 Å². The largest absolute Gasteiger partial charge is 0.508 e. The van der Waals surface area contributed by atoms with Crippen LogP contribution in [0.4, 0.5) is 0 Å². The number of phenols is 1. The van der Waals surface area contributed by atoms with E-state index in [4.69, 9.17) is 4.74 Å². The van der Waals surface area contributed by atoms with Crippen LogP contribution in [0.2, 0.25) is 0 Å². The zero-order valence-electron chi connectivity index (χ0n) is 8.92. The Labute approximate surface area is 85.5 Å². The highest BCUT2D eigenvalue weighted by Crippen LogP contribution is 2.20. The first-order valence-corrected chi connectivity index (χ1v) is 5.07. The second-order valence-corrected chi connectivity index (χ2v) is 3.50. The Hall–Kier alpha value is -1.02. The average Bonchev–Trinajstić information content (AvgIpc) is 2.19. The van der Waals surface area contributed by atoms with Crippen LogP contribution in [0.3, 0.4) is 0 Å². The normalized spacial score (nSPS) is 10.4. The molecule has 0 unspecified atom stereocenters. The molecule has 1 aromatic rings. The van der Waals surface area contributed by atoms with Crippen LogP contribution in [-0.4, -0.2) is 12.2 Å². The predicted molar refractivity (Wildman–Crippen MR) is 57.4 cm³/mol. The van der Waals surface area contributed by atoms with Crippen LogP contribution in [0.15, 0.2) is 18.2 Å². The molecule has 0 aliphatic carbocycles. The van der Waals surface area contributed by atoms with Crippen molar-refractivity contribution in [2.24, 2.45) is 0 Å². The van der Waals surface area contributed by atoms with Crippen LogP contribution >= 0.6 is 0 Å². The van der Waals surface area contributed by atoms with E-state index in [0.717, 1.165) is 12.0 Å². The van der Waals surface area contributed by atoms with Crippen LogP contribution in [0.1, 0.15) is 30.9 Å². The smallest absolute Gasteiger partial charge is 0.121 e. The summed E-state index contributed by atoms with van der Waals surface area (Å²) in [7, 11) is 1.64. The van der Waals surface area contributed by atoms with Crippen LogP contribution in [0.25, 0.3) is 0 Å². The topological polar surface area (TPSA) is 29.5 Å². The summed E-state index contributed by atoms with van der Waals surface area (Å²) >= 11 is 0. The third-order valence-corrected chi connectivity index (χ3v) is 2.26. The summed E-state index contributed by atoms with van der Waals surface area (Å²) in [5.41, 5.74) is 2.15. The van der Waals surface area contributed by atoms with Gasteiger partial charge in [0.1, 0.15) is 5.75 Å². The molecule has 0 bridgehead atoms. The fourth-order valence-corrected chi connectivity index (χ4v) is 1.45. The molecular formula is C12H18O2. The second kappa shape index (κ2) is 5.66. The fraction of sp³-hybridized carbons (Fsp3) is 0.500. The number of hydrogen-bond acceptors (Lipinski definition) is 2. The minimum absolute atomic E-state index is 0.326. The number of benzene rings is 1. The quantitative estimate of drug-likeness (QED) is 0.781. The average molecular weight is 194 g/mol. The molecule has 0 heterocycles. The Kier molecular flexibility index (Phi) is 4.47. The highest BCUT2D eigenvalue weighted by molar-refractivity contribution is 5.35. The van der Waals surface area contributed by atoms with Gasteiger partial charge in [-0.2, -0.15) is 0 Å². The highest BCUT2D eigenvalue weighted by atomic mass is 16.5. The molecule has 0 saturated carbocycles. The number of aromatic hydroxyl groups is 1. The molecule has 0 saturated heterocycles. The molecule has 2 heteroatoms.